The van der Waals surface area contributed by atoms with Crippen molar-refractivity contribution in [1.82, 2.24) is 14.7 Å². The molecule has 1 atom stereocenters. The molecule has 0 saturated carbocycles. The summed E-state index contributed by atoms with van der Waals surface area (Å²) in [4.78, 5) is 13.5. The fraction of sp³-hybridized carbons (Fsp3) is 0.429. The van der Waals surface area contributed by atoms with Gasteiger partial charge in [0, 0.05) is 31.9 Å². The van der Waals surface area contributed by atoms with Gasteiger partial charge in [-0.3, -0.25) is 9.48 Å². The highest BCUT2D eigenvalue weighted by molar-refractivity contribution is 5.79. The van der Waals surface area contributed by atoms with E-state index in [1.54, 1.807) is 0 Å². The second-order valence-electron chi connectivity index (χ2n) is 7.04. The molecule has 1 saturated heterocycles. The van der Waals surface area contributed by atoms with Crippen LogP contribution in [0.25, 0.3) is 5.57 Å². The quantitative estimate of drug-likeness (QED) is 0.865. The third-order valence-electron chi connectivity index (χ3n) is 5.18. The Kier molecular flexibility index (Phi) is 5.89. The molecule has 1 N–H and O–H groups in total. The van der Waals surface area contributed by atoms with Gasteiger partial charge in [0.15, 0.2) is 0 Å². The average Bonchev–Trinajstić information content (AvgIpc) is 3.06. The smallest absolute Gasteiger partial charge is 0.307 e. The van der Waals surface area contributed by atoms with Crippen LogP contribution in [0, 0.1) is 12.8 Å². The van der Waals surface area contributed by atoms with E-state index in [0.717, 1.165) is 38.0 Å². The fourth-order valence-corrected chi connectivity index (χ4v) is 3.72. The topological polar surface area (TPSA) is 58.4 Å². The first kappa shape index (κ1) is 18.4. The lowest BCUT2D eigenvalue weighted by atomic mass is 9.96. The normalized spacial score (nSPS) is 18.8. The zero-order valence-corrected chi connectivity index (χ0v) is 15.6. The summed E-state index contributed by atoms with van der Waals surface area (Å²) in [6.07, 6.45) is 6.74. The monoisotopic (exact) mass is 353 g/mol. The van der Waals surface area contributed by atoms with E-state index in [1.807, 2.05) is 24.0 Å². The number of aliphatic carboxylic acids is 1. The third-order valence-corrected chi connectivity index (χ3v) is 5.18. The maximum atomic E-state index is 11.2. The molecule has 1 aromatic carbocycles. The average molecular weight is 353 g/mol. The van der Waals surface area contributed by atoms with Crippen LogP contribution in [0.3, 0.4) is 0 Å². The molecule has 1 fully saturated rings. The Hall–Kier alpha value is -2.40. The zero-order valence-electron chi connectivity index (χ0n) is 15.6. The minimum atomic E-state index is -0.666. The lowest BCUT2D eigenvalue weighted by Crippen LogP contribution is -2.39. The van der Waals surface area contributed by atoms with Gasteiger partial charge in [0.05, 0.1) is 11.6 Å². The summed E-state index contributed by atoms with van der Waals surface area (Å²) in [6.45, 7) is 4.66. The Morgan fingerprint density at radius 3 is 2.85 bits per heavy atom. The molecule has 5 heteroatoms. The van der Waals surface area contributed by atoms with Gasteiger partial charge in [-0.2, -0.15) is 5.10 Å². The molecule has 0 radical (unpaired) electrons. The number of aryl methyl sites for hydroxylation is 2. The Morgan fingerprint density at radius 1 is 1.35 bits per heavy atom. The molecule has 5 nitrogen and oxygen atoms in total. The molecule has 26 heavy (non-hydrogen) atoms. The number of likely N-dealkylation sites (tertiary alicyclic amines) is 1. The number of piperidine rings is 1. The van der Waals surface area contributed by atoms with Gasteiger partial charge in [-0.05, 0) is 49.9 Å². The lowest BCUT2D eigenvalue weighted by Gasteiger charge is -2.30. The maximum absolute atomic E-state index is 11.2. The number of carboxylic acids is 1. The maximum Gasteiger partial charge on any atom is 0.307 e. The largest absolute Gasteiger partial charge is 0.481 e. The molecule has 1 aliphatic heterocycles. The van der Waals surface area contributed by atoms with Crippen LogP contribution in [0.15, 0.2) is 42.6 Å². The van der Waals surface area contributed by atoms with Gasteiger partial charge >= 0.3 is 5.97 Å². The van der Waals surface area contributed by atoms with Crippen molar-refractivity contribution in [2.24, 2.45) is 13.0 Å². The molecule has 0 bridgehead atoms. The van der Waals surface area contributed by atoms with Crippen LogP contribution in [-0.2, 0) is 11.8 Å². The summed E-state index contributed by atoms with van der Waals surface area (Å²) in [7, 11) is 1.96. The zero-order chi connectivity index (χ0) is 18.5. The van der Waals surface area contributed by atoms with Crippen molar-refractivity contribution in [2.75, 3.05) is 19.6 Å². The van der Waals surface area contributed by atoms with Crippen LogP contribution in [0.5, 0.6) is 0 Å². The molecule has 2 aromatic rings. The predicted octanol–water partition coefficient (Wildman–Crippen LogP) is 3.35. The first-order chi connectivity index (χ1) is 12.6. The van der Waals surface area contributed by atoms with Crippen molar-refractivity contribution in [2.45, 2.75) is 26.2 Å². The van der Waals surface area contributed by atoms with E-state index in [0.29, 0.717) is 6.54 Å². The first-order valence-electron chi connectivity index (χ1n) is 9.26. The predicted molar refractivity (Wildman–Crippen MR) is 103 cm³/mol. The number of hydrogen-bond acceptors (Lipinski definition) is 3. The van der Waals surface area contributed by atoms with Gasteiger partial charge in [0.25, 0.3) is 0 Å². The van der Waals surface area contributed by atoms with E-state index in [4.69, 9.17) is 0 Å². The highest BCUT2D eigenvalue weighted by atomic mass is 16.4. The van der Waals surface area contributed by atoms with E-state index in [1.165, 1.54) is 16.7 Å². The second-order valence-corrected chi connectivity index (χ2v) is 7.04. The van der Waals surface area contributed by atoms with E-state index < -0.39 is 5.97 Å². The van der Waals surface area contributed by atoms with E-state index in [9.17, 15) is 9.90 Å². The number of rotatable bonds is 6. The summed E-state index contributed by atoms with van der Waals surface area (Å²) in [5.41, 5.74) is 4.75. The highest BCUT2D eigenvalue weighted by Gasteiger charge is 2.24. The summed E-state index contributed by atoms with van der Waals surface area (Å²) >= 11 is 0. The van der Waals surface area contributed by atoms with Crippen molar-refractivity contribution >= 4 is 11.5 Å². The summed E-state index contributed by atoms with van der Waals surface area (Å²) in [5.74, 6) is -0.888. The summed E-state index contributed by atoms with van der Waals surface area (Å²) in [6, 6.07) is 10.4. The van der Waals surface area contributed by atoms with Gasteiger partial charge in [-0.1, -0.05) is 30.3 Å². The number of aromatic nitrogens is 2. The molecule has 2 heterocycles. The van der Waals surface area contributed by atoms with E-state index in [2.05, 4.69) is 47.3 Å². The number of benzene rings is 1. The number of hydrogen-bond donors (Lipinski definition) is 1. The summed E-state index contributed by atoms with van der Waals surface area (Å²) < 4.78 is 1.90. The van der Waals surface area contributed by atoms with Gasteiger partial charge in [0.1, 0.15) is 0 Å². The van der Waals surface area contributed by atoms with Gasteiger partial charge in [0.2, 0.25) is 0 Å². The Labute approximate surface area is 154 Å². The molecular weight excluding hydrogens is 326 g/mol. The number of nitrogens with zero attached hydrogens (tertiary/aromatic N) is 3. The Bertz CT molecular complexity index is 794. The molecule has 0 aliphatic carbocycles. The Balaban J connectivity index is 1.77. The molecule has 1 unspecified atom stereocenters. The van der Waals surface area contributed by atoms with Gasteiger partial charge in [-0.25, -0.2) is 0 Å². The van der Waals surface area contributed by atoms with Crippen molar-refractivity contribution in [3.8, 4) is 0 Å². The first-order valence-corrected chi connectivity index (χ1v) is 9.26. The van der Waals surface area contributed by atoms with Crippen molar-refractivity contribution in [1.29, 1.82) is 0 Å². The summed E-state index contributed by atoms with van der Waals surface area (Å²) in [5, 5.41) is 13.6. The fourth-order valence-electron chi connectivity index (χ4n) is 3.72. The van der Waals surface area contributed by atoms with Crippen LogP contribution in [0.1, 0.15) is 36.1 Å². The molecule has 1 aromatic heterocycles. The molecule has 3 rings (SSSR count). The van der Waals surface area contributed by atoms with Crippen molar-refractivity contribution in [3.63, 3.8) is 0 Å². The molecule has 138 valence electrons. The van der Waals surface area contributed by atoms with E-state index in [-0.39, 0.29) is 5.92 Å². The molecule has 1 aliphatic rings. The SMILES string of the molecule is Cc1ccccc1/C(=C/CCN1CCCC(C(=O)O)C1)c1ccnn1C. The van der Waals surface area contributed by atoms with Crippen LogP contribution in [-0.4, -0.2) is 45.4 Å². The van der Waals surface area contributed by atoms with E-state index >= 15 is 0 Å². The van der Waals surface area contributed by atoms with Crippen LogP contribution >= 0.6 is 0 Å². The number of carbonyl (C=O) groups is 1. The van der Waals surface area contributed by atoms with Crippen molar-refractivity contribution < 1.29 is 9.90 Å². The Morgan fingerprint density at radius 2 is 2.15 bits per heavy atom. The van der Waals surface area contributed by atoms with Gasteiger partial charge in [-0.15, -0.1) is 0 Å². The van der Waals surface area contributed by atoms with Crippen molar-refractivity contribution in [3.05, 3.63) is 59.4 Å². The minimum absolute atomic E-state index is 0.222. The molecule has 0 amide bonds. The van der Waals surface area contributed by atoms with Crippen LogP contribution < -0.4 is 0 Å². The lowest BCUT2D eigenvalue weighted by molar-refractivity contribution is -0.143. The molecular formula is C21H27N3O2. The van der Waals surface area contributed by atoms with Gasteiger partial charge < -0.3 is 10.0 Å². The van der Waals surface area contributed by atoms with Crippen LogP contribution in [0.4, 0.5) is 0 Å². The highest BCUT2D eigenvalue weighted by Crippen LogP contribution is 2.26. The minimum Gasteiger partial charge on any atom is -0.481 e. The van der Waals surface area contributed by atoms with Crippen LogP contribution in [0.2, 0.25) is 0 Å². The number of carboxylic acid groups (broad SMARTS) is 1. The second kappa shape index (κ2) is 8.32. The standard InChI is InChI=1S/C21H27N3O2/c1-16-7-3-4-9-18(16)19(20-11-12-22-23(20)2)10-6-14-24-13-5-8-17(15-24)21(25)26/h3-4,7,9-12,17H,5-6,8,13-15H2,1-2H3,(H,25,26)/b19-10-. The molecule has 0 spiro atoms. The third kappa shape index (κ3) is 4.22.